The van der Waals surface area contributed by atoms with Gasteiger partial charge in [0.1, 0.15) is 11.5 Å². The van der Waals surface area contributed by atoms with Gasteiger partial charge in [0.15, 0.2) is 0 Å². The largest absolute Gasteiger partial charge is 0.461 e. The number of hydrogen-bond acceptors (Lipinski definition) is 2. The van der Waals surface area contributed by atoms with Crippen molar-refractivity contribution >= 4 is 17.6 Å². The van der Waals surface area contributed by atoms with Crippen LogP contribution in [-0.2, 0) is 9.53 Å². The van der Waals surface area contributed by atoms with Crippen LogP contribution in [0.15, 0.2) is 0 Å². The van der Waals surface area contributed by atoms with Gasteiger partial charge >= 0.3 is 5.97 Å². The molecule has 0 saturated carbocycles. The lowest BCUT2D eigenvalue weighted by molar-refractivity contribution is -0.141. The minimum absolute atomic E-state index is 0.0694. The lowest BCUT2D eigenvalue weighted by atomic mass is 10.2. The SMILES string of the molecule is CCC1CC(Cl)C(=O)O1. The maximum Gasteiger partial charge on any atom is 0.324 e. The third kappa shape index (κ3) is 1.36. The van der Waals surface area contributed by atoms with Crippen molar-refractivity contribution in [1.29, 1.82) is 0 Å². The monoisotopic (exact) mass is 148 g/mol. The standard InChI is InChI=1S/C6H9ClO2/c1-2-4-3-5(7)6(8)9-4/h4-5H,2-3H2,1H3. The summed E-state index contributed by atoms with van der Waals surface area (Å²) in [5.74, 6) is -0.261. The third-order valence-electron chi connectivity index (χ3n) is 1.46. The van der Waals surface area contributed by atoms with Crippen molar-refractivity contribution in [2.24, 2.45) is 0 Å². The highest BCUT2D eigenvalue weighted by atomic mass is 35.5. The van der Waals surface area contributed by atoms with Gasteiger partial charge in [-0.15, -0.1) is 11.6 Å². The zero-order valence-corrected chi connectivity index (χ0v) is 6.02. The van der Waals surface area contributed by atoms with Gasteiger partial charge < -0.3 is 4.74 Å². The van der Waals surface area contributed by atoms with Crippen molar-refractivity contribution in [1.82, 2.24) is 0 Å². The number of carbonyl (C=O) groups excluding carboxylic acids is 1. The molecule has 0 aromatic rings. The molecular weight excluding hydrogens is 140 g/mol. The second kappa shape index (κ2) is 2.56. The van der Waals surface area contributed by atoms with Gasteiger partial charge in [0.2, 0.25) is 0 Å². The Morgan fingerprint density at radius 3 is 2.78 bits per heavy atom. The molecule has 2 nitrogen and oxygen atoms in total. The molecule has 3 heteroatoms. The highest BCUT2D eigenvalue weighted by molar-refractivity contribution is 6.30. The number of ether oxygens (including phenoxy) is 1. The summed E-state index contributed by atoms with van der Waals surface area (Å²) in [6.45, 7) is 1.98. The van der Waals surface area contributed by atoms with Gasteiger partial charge in [-0.25, -0.2) is 0 Å². The van der Waals surface area contributed by atoms with Gasteiger partial charge in [0.05, 0.1) is 0 Å². The molecule has 0 aromatic carbocycles. The van der Waals surface area contributed by atoms with E-state index in [9.17, 15) is 4.79 Å². The Hall–Kier alpha value is -0.240. The average Bonchev–Trinajstić information content (AvgIpc) is 2.13. The van der Waals surface area contributed by atoms with Crippen LogP contribution in [0.5, 0.6) is 0 Å². The molecule has 52 valence electrons. The molecule has 0 bridgehead atoms. The highest BCUT2D eigenvalue weighted by Crippen LogP contribution is 2.21. The molecule has 0 aromatic heterocycles. The van der Waals surface area contributed by atoms with Gasteiger partial charge in [-0.05, 0) is 6.42 Å². The summed E-state index contributed by atoms with van der Waals surface area (Å²) in [5, 5.41) is -0.394. The molecule has 0 radical (unpaired) electrons. The number of hydrogen-bond donors (Lipinski definition) is 0. The molecule has 0 amide bonds. The molecule has 0 spiro atoms. The van der Waals surface area contributed by atoms with E-state index >= 15 is 0 Å². The van der Waals surface area contributed by atoms with Crippen LogP contribution in [0.2, 0.25) is 0 Å². The Morgan fingerprint density at radius 2 is 2.56 bits per heavy atom. The minimum Gasteiger partial charge on any atom is -0.461 e. The predicted molar refractivity (Wildman–Crippen MR) is 34.4 cm³/mol. The van der Waals surface area contributed by atoms with E-state index in [1.807, 2.05) is 6.92 Å². The van der Waals surface area contributed by atoms with Crippen molar-refractivity contribution in [2.75, 3.05) is 0 Å². The summed E-state index contributed by atoms with van der Waals surface area (Å²) in [5.41, 5.74) is 0. The van der Waals surface area contributed by atoms with Gasteiger partial charge in [0.25, 0.3) is 0 Å². The summed E-state index contributed by atoms with van der Waals surface area (Å²) in [6.07, 6.45) is 1.62. The number of cyclic esters (lactones) is 1. The second-order valence-electron chi connectivity index (χ2n) is 2.17. The van der Waals surface area contributed by atoms with E-state index in [-0.39, 0.29) is 12.1 Å². The fraction of sp³-hybridized carbons (Fsp3) is 0.833. The second-order valence-corrected chi connectivity index (χ2v) is 2.70. The van der Waals surface area contributed by atoms with Crippen LogP contribution >= 0.6 is 11.6 Å². The first-order valence-electron chi connectivity index (χ1n) is 3.08. The number of esters is 1. The number of halogens is 1. The van der Waals surface area contributed by atoms with Crippen LogP contribution < -0.4 is 0 Å². The topological polar surface area (TPSA) is 26.3 Å². The van der Waals surface area contributed by atoms with Crippen molar-refractivity contribution in [2.45, 2.75) is 31.2 Å². The van der Waals surface area contributed by atoms with E-state index in [2.05, 4.69) is 0 Å². The van der Waals surface area contributed by atoms with Crippen LogP contribution in [0.4, 0.5) is 0 Å². The Balaban J connectivity index is 2.44. The molecule has 1 heterocycles. The van der Waals surface area contributed by atoms with Crippen LogP contribution in [0.1, 0.15) is 19.8 Å². The van der Waals surface area contributed by atoms with Crippen molar-refractivity contribution in [3.8, 4) is 0 Å². The molecule has 0 N–H and O–H groups in total. The van der Waals surface area contributed by atoms with Crippen molar-refractivity contribution < 1.29 is 9.53 Å². The first-order chi connectivity index (χ1) is 4.24. The zero-order chi connectivity index (χ0) is 6.85. The molecule has 0 aliphatic carbocycles. The number of rotatable bonds is 1. The van der Waals surface area contributed by atoms with Crippen LogP contribution in [0.3, 0.4) is 0 Å². The Morgan fingerprint density at radius 1 is 1.89 bits per heavy atom. The average molecular weight is 149 g/mol. The fourth-order valence-electron chi connectivity index (χ4n) is 0.863. The molecule has 2 atom stereocenters. The van der Waals surface area contributed by atoms with Gasteiger partial charge in [-0.3, -0.25) is 4.79 Å². The maximum atomic E-state index is 10.6. The zero-order valence-electron chi connectivity index (χ0n) is 5.26. The Labute approximate surface area is 59.1 Å². The highest BCUT2D eigenvalue weighted by Gasteiger charge is 2.31. The normalized spacial score (nSPS) is 34.7. The Kier molecular flexibility index (Phi) is 1.96. The minimum atomic E-state index is -0.394. The molecule has 1 rings (SSSR count). The predicted octanol–water partition coefficient (Wildman–Crippen LogP) is 1.32. The van der Waals surface area contributed by atoms with E-state index in [1.54, 1.807) is 0 Å². The summed E-state index contributed by atoms with van der Waals surface area (Å²) in [7, 11) is 0. The van der Waals surface area contributed by atoms with Gasteiger partial charge in [-0.1, -0.05) is 6.92 Å². The van der Waals surface area contributed by atoms with Crippen molar-refractivity contribution in [3.63, 3.8) is 0 Å². The van der Waals surface area contributed by atoms with E-state index in [4.69, 9.17) is 16.3 Å². The first-order valence-corrected chi connectivity index (χ1v) is 3.52. The molecular formula is C6H9ClO2. The smallest absolute Gasteiger partial charge is 0.324 e. The van der Waals surface area contributed by atoms with Crippen LogP contribution in [0, 0.1) is 0 Å². The fourth-order valence-corrected chi connectivity index (χ4v) is 1.11. The molecule has 2 unspecified atom stereocenters. The molecule has 1 aliphatic rings. The summed E-state index contributed by atoms with van der Waals surface area (Å²) < 4.78 is 4.85. The third-order valence-corrected chi connectivity index (χ3v) is 1.82. The molecule has 1 fully saturated rings. The summed E-state index contributed by atoms with van der Waals surface area (Å²) >= 11 is 5.56. The van der Waals surface area contributed by atoms with E-state index in [0.717, 1.165) is 6.42 Å². The lowest BCUT2D eigenvalue weighted by Crippen LogP contribution is -2.05. The van der Waals surface area contributed by atoms with Crippen LogP contribution in [-0.4, -0.2) is 17.5 Å². The molecule has 1 aliphatic heterocycles. The Bertz CT molecular complexity index is 124. The van der Waals surface area contributed by atoms with Gasteiger partial charge in [0, 0.05) is 6.42 Å². The van der Waals surface area contributed by atoms with Crippen LogP contribution in [0.25, 0.3) is 0 Å². The lowest BCUT2D eigenvalue weighted by Gasteiger charge is -2.01. The first kappa shape index (κ1) is 6.87. The number of alkyl halides is 1. The van der Waals surface area contributed by atoms with E-state index < -0.39 is 5.38 Å². The molecule has 9 heavy (non-hydrogen) atoms. The number of carbonyl (C=O) groups is 1. The van der Waals surface area contributed by atoms with E-state index in [1.165, 1.54) is 0 Å². The summed E-state index contributed by atoms with van der Waals surface area (Å²) in [6, 6.07) is 0. The van der Waals surface area contributed by atoms with Gasteiger partial charge in [-0.2, -0.15) is 0 Å². The summed E-state index contributed by atoms with van der Waals surface area (Å²) in [4.78, 5) is 10.6. The van der Waals surface area contributed by atoms with E-state index in [0.29, 0.717) is 6.42 Å². The molecule has 1 saturated heterocycles. The quantitative estimate of drug-likeness (QED) is 0.414. The van der Waals surface area contributed by atoms with Crippen molar-refractivity contribution in [3.05, 3.63) is 0 Å². The maximum absolute atomic E-state index is 10.6.